The van der Waals surface area contributed by atoms with Crippen molar-refractivity contribution in [3.8, 4) is 0 Å². The summed E-state index contributed by atoms with van der Waals surface area (Å²) in [4.78, 5) is 16.1. The van der Waals surface area contributed by atoms with Crippen LogP contribution < -0.4 is 15.1 Å². The lowest BCUT2D eigenvalue weighted by atomic mass is 10.1. The van der Waals surface area contributed by atoms with Gasteiger partial charge in [-0.25, -0.2) is 0 Å². The van der Waals surface area contributed by atoms with Crippen molar-refractivity contribution in [2.45, 2.75) is 19.4 Å². The summed E-state index contributed by atoms with van der Waals surface area (Å²) in [7, 11) is 5.88. The number of benzene rings is 1. The number of hydrogen-bond donors (Lipinski definition) is 1. The van der Waals surface area contributed by atoms with E-state index in [1.54, 1.807) is 0 Å². The maximum atomic E-state index is 12.2. The van der Waals surface area contributed by atoms with Crippen LogP contribution in [-0.4, -0.2) is 39.6 Å². The quantitative estimate of drug-likeness (QED) is 0.876. The molecule has 1 atom stereocenters. The van der Waals surface area contributed by atoms with E-state index >= 15 is 0 Å². The first-order valence-corrected chi connectivity index (χ1v) is 6.31. The van der Waals surface area contributed by atoms with Gasteiger partial charge in [0.1, 0.15) is 0 Å². The third-order valence-corrected chi connectivity index (χ3v) is 3.54. The summed E-state index contributed by atoms with van der Waals surface area (Å²) in [6.07, 6.45) is 0.876. The maximum Gasteiger partial charge on any atom is 0.244 e. The highest BCUT2D eigenvalue weighted by atomic mass is 16.2. The fourth-order valence-corrected chi connectivity index (χ4v) is 2.45. The molecule has 1 saturated heterocycles. The van der Waals surface area contributed by atoms with Gasteiger partial charge >= 0.3 is 0 Å². The Balaban J connectivity index is 2.30. The Labute approximate surface area is 109 Å². The highest BCUT2D eigenvalue weighted by Crippen LogP contribution is 2.28. The third kappa shape index (κ3) is 2.20. The Morgan fingerprint density at radius 3 is 2.67 bits per heavy atom. The second kappa shape index (κ2) is 4.98. The first-order chi connectivity index (χ1) is 8.54. The van der Waals surface area contributed by atoms with Crippen molar-refractivity contribution in [3.05, 3.63) is 23.8 Å². The molecule has 0 aliphatic carbocycles. The van der Waals surface area contributed by atoms with Gasteiger partial charge in [0.15, 0.2) is 0 Å². The molecule has 1 unspecified atom stereocenters. The Morgan fingerprint density at radius 1 is 1.39 bits per heavy atom. The zero-order chi connectivity index (χ0) is 13.3. The topological polar surface area (TPSA) is 35.6 Å². The highest BCUT2D eigenvalue weighted by Gasteiger charge is 2.31. The number of aryl methyl sites for hydroxylation is 1. The first-order valence-electron chi connectivity index (χ1n) is 6.31. The normalized spacial score (nSPS) is 19.4. The minimum Gasteiger partial charge on any atom is -0.377 e. The molecule has 0 aromatic heterocycles. The van der Waals surface area contributed by atoms with Crippen molar-refractivity contribution in [2.24, 2.45) is 0 Å². The van der Waals surface area contributed by atoms with E-state index in [-0.39, 0.29) is 11.9 Å². The van der Waals surface area contributed by atoms with Gasteiger partial charge < -0.3 is 15.1 Å². The number of hydrogen-bond acceptors (Lipinski definition) is 3. The number of rotatable bonds is 3. The van der Waals surface area contributed by atoms with Crippen LogP contribution in [0, 0.1) is 6.92 Å². The molecule has 1 heterocycles. The molecule has 2 rings (SSSR count). The Kier molecular flexibility index (Phi) is 3.57. The molecule has 18 heavy (non-hydrogen) atoms. The van der Waals surface area contributed by atoms with E-state index < -0.39 is 0 Å². The minimum atomic E-state index is -0.0332. The predicted molar refractivity (Wildman–Crippen MR) is 75.3 cm³/mol. The average Bonchev–Trinajstić information content (AvgIpc) is 2.71. The van der Waals surface area contributed by atoms with Crippen LogP contribution in [0.2, 0.25) is 0 Å². The SMILES string of the molecule is CNC1CCN(c2ccc(C)c(N(C)C)c2)C1=O. The van der Waals surface area contributed by atoms with Gasteiger partial charge in [-0.2, -0.15) is 0 Å². The summed E-state index contributed by atoms with van der Waals surface area (Å²) < 4.78 is 0. The summed E-state index contributed by atoms with van der Waals surface area (Å²) in [6, 6.07) is 6.16. The maximum absolute atomic E-state index is 12.2. The summed E-state index contributed by atoms with van der Waals surface area (Å²) in [5.41, 5.74) is 3.38. The lowest BCUT2D eigenvalue weighted by molar-refractivity contribution is -0.118. The van der Waals surface area contributed by atoms with E-state index in [1.807, 2.05) is 32.1 Å². The van der Waals surface area contributed by atoms with Gasteiger partial charge in [0.05, 0.1) is 6.04 Å². The van der Waals surface area contributed by atoms with Crippen molar-refractivity contribution in [3.63, 3.8) is 0 Å². The number of nitrogens with zero attached hydrogens (tertiary/aromatic N) is 2. The smallest absolute Gasteiger partial charge is 0.244 e. The summed E-state index contributed by atoms with van der Waals surface area (Å²) >= 11 is 0. The van der Waals surface area contributed by atoms with Gasteiger partial charge in [0.25, 0.3) is 0 Å². The van der Waals surface area contributed by atoms with Crippen LogP contribution in [0.25, 0.3) is 0 Å². The molecular weight excluding hydrogens is 226 g/mol. The lowest BCUT2D eigenvalue weighted by Crippen LogP contribution is -2.36. The molecule has 1 N–H and O–H groups in total. The summed E-state index contributed by atoms with van der Waals surface area (Å²) in [6.45, 7) is 2.88. The molecule has 0 radical (unpaired) electrons. The Bertz CT molecular complexity index is 456. The monoisotopic (exact) mass is 247 g/mol. The fraction of sp³-hybridized carbons (Fsp3) is 0.500. The molecular formula is C14H21N3O. The van der Waals surface area contributed by atoms with E-state index in [9.17, 15) is 4.79 Å². The van der Waals surface area contributed by atoms with Crippen LogP contribution in [-0.2, 0) is 4.79 Å². The van der Waals surface area contributed by atoms with Crippen molar-refractivity contribution >= 4 is 17.3 Å². The average molecular weight is 247 g/mol. The molecule has 1 fully saturated rings. The zero-order valence-electron chi connectivity index (χ0n) is 11.5. The second-order valence-corrected chi connectivity index (χ2v) is 4.99. The van der Waals surface area contributed by atoms with Gasteiger partial charge in [-0.3, -0.25) is 4.79 Å². The molecule has 1 aliphatic heterocycles. The molecule has 0 bridgehead atoms. The van der Waals surface area contributed by atoms with Crippen LogP contribution >= 0.6 is 0 Å². The fourth-order valence-electron chi connectivity index (χ4n) is 2.45. The molecule has 98 valence electrons. The summed E-state index contributed by atoms with van der Waals surface area (Å²) in [5, 5.41) is 3.06. The van der Waals surface area contributed by atoms with Crippen molar-refractivity contribution in [1.82, 2.24) is 5.32 Å². The molecule has 1 aromatic rings. The number of anilines is 2. The van der Waals surface area contributed by atoms with E-state index in [1.165, 1.54) is 5.56 Å². The summed E-state index contributed by atoms with van der Waals surface area (Å²) in [5.74, 6) is 0.172. The molecule has 4 nitrogen and oxygen atoms in total. The van der Waals surface area contributed by atoms with Crippen molar-refractivity contribution < 1.29 is 4.79 Å². The van der Waals surface area contributed by atoms with Gasteiger partial charge in [-0.1, -0.05) is 6.07 Å². The molecule has 0 spiro atoms. The van der Waals surface area contributed by atoms with E-state index in [2.05, 4.69) is 29.3 Å². The Morgan fingerprint density at radius 2 is 2.11 bits per heavy atom. The van der Waals surface area contributed by atoms with Gasteiger partial charge in [-0.05, 0) is 38.1 Å². The van der Waals surface area contributed by atoms with E-state index in [0.717, 1.165) is 24.3 Å². The van der Waals surface area contributed by atoms with Crippen LogP contribution in [0.1, 0.15) is 12.0 Å². The second-order valence-electron chi connectivity index (χ2n) is 4.99. The van der Waals surface area contributed by atoms with E-state index in [4.69, 9.17) is 0 Å². The number of likely N-dealkylation sites (N-methyl/N-ethyl adjacent to an activating group) is 1. The van der Waals surface area contributed by atoms with Crippen LogP contribution in [0.5, 0.6) is 0 Å². The van der Waals surface area contributed by atoms with Crippen molar-refractivity contribution in [2.75, 3.05) is 37.5 Å². The molecule has 4 heteroatoms. The van der Waals surface area contributed by atoms with Crippen LogP contribution in [0.4, 0.5) is 11.4 Å². The predicted octanol–water partition coefficient (Wildman–Crippen LogP) is 1.39. The van der Waals surface area contributed by atoms with Gasteiger partial charge in [0, 0.05) is 32.0 Å². The minimum absolute atomic E-state index is 0.0332. The largest absolute Gasteiger partial charge is 0.377 e. The van der Waals surface area contributed by atoms with Crippen LogP contribution in [0.3, 0.4) is 0 Å². The number of amides is 1. The van der Waals surface area contributed by atoms with Crippen molar-refractivity contribution in [1.29, 1.82) is 0 Å². The van der Waals surface area contributed by atoms with Gasteiger partial charge in [-0.15, -0.1) is 0 Å². The molecule has 0 saturated carbocycles. The highest BCUT2D eigenvalue weighted by molar-refractivity contribution is 5.99. The lowest BCUT2D eigenvalue weighted by Gasteiger charge is -2.21. The first kappa shape index (κ1) is 12.9. The number of carbonyl (C=O) groups excluding carboxylic acids is 1. The molecule has 1 aromatic carbocycles. The van der Waals surface area contributed by atoms with Crippen LogP contribution in [0.15, 0.2) is 18.2 Å². The van der Waals surface area contributed by atoms with E-state index in [0.29, 0.717) is 0 Å². The molecule has 1 aliphatic rings. The molecule has 1 amide bonds. The van der Waals surface area contributed by atoms with Gasteiger partial charge in [0.2, 0.25) is 5.91 Å². The zero-order valence-corrected chi connectivity index (χ0v) is 11.5. The Hall–Kier alpha value is -1.55. The third-order valence-electron chi connectivity index (χ3n) is 3.54. The number of carbonyl (C=O) groups is 1. The number of nitrogens with one attached hydrogen (secondary N) is 1. The standard InChI is InChI=1S/C14H21N3O/c1-10-5-6-11(9-13(10)16(3)4)17-8-7-12(15-2)14(17)18/h5-6,9,12,15H,7-8H2,1-4H3.